The van der Waals surface area contributed by atoms with Gasteiger partial charge in [0.2, 0.25) is 0 Å². The molecular weight excluding hydrogens is 226 g/mol. The first-order valence-electron chi connectivity index (χ1n) is 6.50. The molecule has 0 aliphatic heterocycles. The average Bonchev–Trinajstić information content (AvgIpc) is 2.99. The van der Waals surface area contributed by atoms with Crippen molar-refractivity contribution in [3.8, 4) is 0 Å². The zero-order chi connectivity index (χ0) is 13.0. The molecular formula is C13H21N5. The molecule has 1 N–H and O–H groups in total. The fraction of sp³-hybridized carbons (Fsp3) is 0.538. The van der Waals surface area contributed by atoms with Gasteiger partial charge in [0.25, 0.3) is 0 Å². The fourth-order valence-corrected chi connectivity index (χ4v) is 2.05. The van der Waals surface area contributed by atoms with Gasteiger partial charge in [0.1, 0.15) is 11.9 Å². The van der Waals surface area contributed by atoms with Crippen molar-refractivity contribution < 1.29 is 0 Å². The second kappa shape index (κ2) is 5.82. The molecule has 0 saturated heterocycles. The van der Waals surface area contributed by atoms with Crippen molar-refractivity contribution in [2.45, 2.75) is 32.9 Å². The highest BCUT2D eigenvalue weighted by molar-refractivity contribution is 5.16. The first-order chi connectivity index (χ1) is 8.76. The minimum absolute atomic E-state index is 0.0705. The molecule has 1 unspecified atom stereocenters. The quantitative estimate of drug-likeness (QED) is 0.845. The predicted octanol–water partition coefficient (Wildman–Crippen LogP) is 1.73. The van der Waals surface area contributed by atoms with Crippen LogP contribution in [0.3, 0.4) is 0 Å². The van der Waals surface area contributed by atoms with Crippen LogP contribution >= 0.6 is 0 Å². The monoisotopic (exact) mass is 247 g/mol. The third-order valence-corrected chi connectivity index (χ3v) is 2.98. The molecule has 2 rings (SSSR count). The van der Waals surface area contributed by atoms with Crippen LogP contribution in [0.2, 0.25) is 0 Å². The van der Waals surface area contributed by atoms with E-state index in [0.29, 0.717) is 0 Å². The number of rotatable bonds is 6. The summed E-state index contributed by atoms with van der Waals surface area (Å²) >= 11 is 0. The Kier molecular flexibility index (Phi) is 4.15. The number of hydrogen-bond donors (Lipinski definition) is 1. The van der Waals surface area contributed by atoms with Crippen LogP contribution in [0.1, 0.15) is 37.8 Å². The summed E-state index contributed by atoms with van der Waals surface area (Å²) in [5.74, 6) is 1.03. The van der Waals surface area contributed by atoms with E-state index in [4.69, 9.17) is 0 Å². The summed E-state index contributed by atoms with van der Waals surface area (Å²) in [4.78, 5) is 4.48. The van der Waals surface area contributed by atoms with Crippen LogP contribution in [-0.4, -0.2) is 25.9 Å². The van der Waals surface area contributed by atoms with Crippen LogP contribution in [0, 0.1) is 0 Å². The van der Waals surface area contributed by atoms with Gasteiger partial charge in [0, 0.05) is 32.2 Å². The molecule has 0 saturated carbocycles. The second-order valence-electron chi connectivity index (χ2n) is 4.37. The van der Waals surface area contributed by atoms with Gasteiger partial charge in [0.05, 0.1) is 5.69 Å². The molecule has 2 aromatic heterocycles. The molecule has 2 aromatic rings. The van der Waals surface area contributed by atoms with Gasteiger partial charge in [-0.25, -0.2) is 4.98 Å². The molecule has 98 valence electrons. The van der Waals surface area contributed by atoms with E-state index >= 15 is 0 Å². The van der Waals surface area contributed by atoms with Gasteiger partial charge in [-0.3, -0.25) is 4.68 Å². The molecule has 2 heterocycles. The van der Waals surface area contributed by atoms with Crippen molar-refractivity contribution in [3.63, 3.8) is 0 Å². The van der Waals surface area contributed by atoms with E-state index in [1.54, 1.807) is 0 Å². The van der Waals surface area contributed by atoms with Crippen molar-refractivity contribution in [2.24, 2.45) is 7.05 Å². The van der Waals surface area contributed by atoms with E-state index in [0.717, 1.165) is 31.0 Å². The number of imidazole rings is 1. The number of nitrogens with zero attached hydrogens (tertiary/aromatic N) is 4. The van der Waals surface area contributed by atoms with E-state index in [2.05, 4.69) is 33.8 Å². The molecule has 0 aliphatic rings. The van der Waals surface area contributed by atoms with Crippen molar-refractivity contribution in [2.75, 3.05) is 6.54 Å². The molecule has 0 bridgehead atoms. The first-order valence-corrected chi connectivity index (χ1v) is 6.50. The largest absolute Gasteiger partial charge is 0.334 e. The summed E-state index contributed by atoms with van der Waals surface area (Å²) < 4.78 is 3.98. The summed E-state index contributed by atoms with van der Waals surface area (Å²) in [7, 11) is 1.94. The third-order valence-electron chi connectivity index (χ3n) is 2.98. The normalized spacial score (nSPS) is 12.8. The summed E-state index contributed by atoms with van der Waals surface area (Å²) in [6, 6.07) is 2.11. The Morgan fingerprint density at radius 3 is 2.78 bits per heavy atom. The summed E-state index contributed by atoms with van der Waals surface area (Å²) in [6.07, 6.45) is 6.92. The smallest absolute Gasteiger partial charge is 0.132 e. The lowest BCUT2D eigenvalue weighted by Gasteiger charge is -2.17. The highest BCUT2D eigenvalue weighted by Gasteiger charge is 2.20. The molecule has 0 aromatic carbocycles. The van der Waals surface area contributed by atoms with Crippen LogP contribution in [0.4, 0.5) is 0 Å². The zero-order valence-electron chi connectivity index (χ0n) is 11.3. The fourth-order valence-electron chi connectivity index (χ4n) is 2.05. The van der Waals surface area contributed by atoms with E-state index in [-0.39, 0.29) is 6.04 Å². The Morgan fingerprint density at radius 1 is 1.33 bits per heavy atom. The molecule has 0 spiro atoms. The van der Waals surface area contributed by atoms with Gasteiger partial charge in [0.15, 0.2) is 0 Å². The van der Waals surface area contributed by atoms with Crippen LogP contribution in [0.15, 0.2) is 24.7 Å². The lowest BCUT2D eigenvalue weighted by atomic mass is 10.2. The maximum atomic E-state index is 4.50. The zero-order valence-corrected chi connectivity index (χ0v) is 11.3. The summed E-state index contributed by atoms with van der Waals surface area (Å²) in [5.41, 5.74) is 1.02. The average molecular weight is 247 g/mol. The lowest BCUT2D eigenvalue weighted by Crippen LogP contribution is -2.26. The Bertz CT molecular complexity index is 485. The Hall–Kier alpha value is -1.62. The maximum absolute atomic E-state index is 4.50. The van der Waals surface area contributed by atoms with Crippen molar-refractivity contribution in [3.05, 3.63) is 36.2 Å². The molecule has 5 heteroatoms. The Balaban J connectivity index is 2.30. The van der Waals surface area contributed by atoms with Crippen molar-refractivity contribution in [1.82, 2.24) is 24.6 Å². The van der Waals surface area contributed by atoms with Gasteiger partial charge in [-0.1, -0.05) is 6.92 Å². The van der Waals surface area contributed by atoms with E-state index in [1.807, 2.05) is 36.4 Å². The number of aromatic nitrogens is 4. The van der Waals surface area contributed by atoms with Crippen molar-refractivity contribution >= 4 is 0 Å². The highest BCUT2D eigenvalue weighted by Crippen LogP contribution is 2.19. The Labute approximate surface area is 108 Å². The Morgan fingerprint density at radius 2 is 2.17 bits per heavy atom. The van der Waals surface area contributed by atoms with E-state index in [1.165, 1.54) is 0 Å². The summed E-state index contributed by atoms with van der Waals surface area (Å²) in [6.45, 7) is 6.17. The first kappa shape index (κ1) is 12.8. The van der Waals surface area contributed by atoms with Crippen LogP contribution < -0.4 is 5.32 Å². The predicted molar refractivity (Wildman–Crippen MR) is 71.2 cm³/mol. The van der Waals surface area contributed by atoms with E-state index in [9.17, 15) is 0 Å². The van der Waals surface area contributed by atoms with Crippen molar-refractivity contribution in [1.29, 1.82) is 0 Å². The van der Waals surface area contributed by atoms with Gasteiger partial charge in [-0.05, 0) is 26.0 Å². The minimum Gasteiger partial charge on any atom is -0.334 e. The SMILES string of the molecule is CCCNC(c1ccn(C)n1)c1nccn1CC. The van der Waals surface area contributed by atoms with Gasteiger partial charge < -0.3 is 9.88 Å². The number of nitrogens with one attached hydrogen (secondary N) is 1. The molecule has 0 aliphatic carbocycles. The van der Waals surface area contributed by atoms with Crippen LogP contribution in [0.5, 0.6) is 0 Å². The van der Waals surface area contributed by atoms with E-state index < -0.39 is 0 Å². The third kappa shape index (κ3) is 2.61. The molecule has 0 amide bonds. The standard InChI is InChI=1S/C13H21N5/c1-4-7-14-12(11-6-9-17(3)16-11)13-15-8-10-18(13)5-2/h6,8-10,12,14H,4-5,7H2,1-3H3. The van der Waals surface area contributed by atoms with Crippen LogP contribution in [0.25, 0.3) is 0 Å². The number of hydrogen-bond acceptors (Lipinski definition) is 3. The topological polar surface area (TPSA) is 47.7 Å². The summed E-state index contributed by atoms with van der Waals surface area (Å²) in [5, 5.41) is 8.01. The molecule has 18 heavy (non-hydrogen) atoms. The van der Waals surface area contributed by atoms with Gasteiger partial charge in [-0.2, -0.15) is 5.10 Å². The van der Waals surface area contributed by atoms with Gasteiger partial charge >= 0.3 is 0 Å². The minimum atomic E-state index is 0.0705. The van der Waals surface area contributed by atoms with Crippen LogP contribution in [-0.2, 0) is 13.6 Å². The lowest BCUT2D eigenvalue weighted by molar-refractivity contribution is 0.525. The van der Waals surface area contributed by atoms with Gasteiger partial charge in [-0.15, -0.1) is 0 Å². The molecule has 0 fully saturated rings. The highest BCUT2D eigenvalue weighted by atomic mass is 15.3. The molecule has 0 radical (unpaired) electrons. The maximum Gasteiger partial charge on any atom is 0.132 e. The molecule has 1 atom stereocenters. The number of aryl methyl sites for hydroxylation is 2. The molecule has 5 nitrogen and oxygen atoms in total. The second-order valence-corrected chi connectivity index (χ2v) is 4.37.